The van der Waals surface area contributed by atoms with Gasteiger partial charge in [-0.15, -0.1) is 13.2 Å². The lowest BCUT2D eigenvalue weighted by Gasteiger charge is -2.41. The number of hydrogen-bond donors (Lipinski definition) is 0. The quantitative estimate of drug-likeness (QED) is 0.488. The van der Waals surface area contributed by atoms with E-state index in [1.807, 2.05) is 0 Å². The lowest BCUT2D eigenvalue weighted by atomic mass is 10.1. The van der Waals surface area contributed by atoms with Crippen LogP contribution >= 0.6 is 0 Å². The molecule has 0 aliphatic heterocycles. The first-order valence-electron chi connectivity index (χ1n) is 8.63. The van der Waals surface area contributed by atoms with Gasteiger partial charge in [0.05, 0.1) is 0 Å². The smallest absolute Gasteiger partial charge is 0.107 e. The second-order valence-electron chi connectivity index (χ2n) is 7.51. The minimum Gasteiger partial charge on any atom is -0.107 e. The molecule has 0 bridgehead atoms. The topological polar surface area (TPSA) is 0 Å². The molecule has 0 nitrogen and oxygen atoms in total. The average Bonchev–Trinajstić information content (AvgIpc) is 2.85. The summed E-state index contributed by atoms with van der Waals surface area (Å²) in [4.78, 5) is 0. The standard InChI is InChI=1S/C22H32Si/c1-11-23(12-2,21-17(7)13(3)14(4)18(21)8)22-19(9)15(5)16(6)20(22)10/h11-12,21-22H,1-2H2,3-10H3. The largest absolute Gasteiger partial charge is 0.123 e. The van der Waals surface area contributed by atoms with E-state index in [4.69, 9.17) is 0 Å². The Morgan fingerprint density at radius 2 is 0.783 bits per heavy atom. The molecule has 0 atom stereocenters. The van der Waals surface area contributed by atoms with Crippen molar-refractivity contribution in [2.24, 2.45) is 0 Å². The van der Waals surface area contributed by atoms with Gasteiger partial charge in [-0.1, -0.05) is 33.7 Å². The van der Waals surface area contributed by atoms with Crippen LogP contribution in [0.25, 0.3) is 0 Å². The van der Waals surface area contributed by atoms with Gasteiger partial charge < -0.3 is 0 Å². The third-order valence-corrected chi connectivity index (χ3v) is 12.1. The molecule has 0 fully saturated rings. The fourth-order valence-corrected chi connectivity index (χ4v) is 10.2. The summed E-state index contributed by atoms with van der Waals surface area (Å²) >= 11 is 0. The van der Waals surface area contributed by atoms with Crippen molar-refractivity contribution >= 4 is 8.07 Å². The molecular weight excluding hydrogens is 292 g/mol. The van der Waals surface area contributed by atoms with Gasteiger partial charge in [0.2, 0.25) is 0 Å². The van der Waals surface area contributed by atoms with Crippen molar-refractivity contribution in [3.8, 4) is 0 Å². The first-order chi connectivity index (χ1) is 10.7. The molecular formula is C22H32Si. The minimum atomic E-state index is -2.00. The summed E-state index contributed by atoms with van der Waals surface area (Å²) < 4.78 is 0. The molecule has 0 N–H and O–H groups in total. The van der Waals surface area contributed by atoms with E-state index in [0.717, 1.165) is 0 Å². The number of allylic oxidation sites excluding steroid dienone is 8. The molecule has 0 aromatic rings. The number of rotatable bonds is 4. The Morgan fingerprint density at radius 1 is 0.565 bits per heavy atom. The maximum Gasteiger partial charge on any atom is 0.123 e. The second-order valence-corrected chi connectivity index (χ2v) is 11.5. The molecule has 2 aliphatic carbocycles. The highest BCUT2D eigenvalue weighted by Gasteiger charge is 2.50. The summed E-state index contributed by atoms with van der Waals surface area (Å²) in [5, 5.41) is 0. The zero-order valence-electron chi connectivity index (χ0n) is 16.2. The normalized spacial score (nSPS) is 21.2. The molecule has 0 aromatic carbocycles. The molecule has 0 heterocycles. The van der Waals surface area contributed by atoms with Crippen LogP contribution < -0.4 is 0 Å². The van der Waals surface area contributed by atoms with Crippen LogP contribution in [0.5, 0.6) is 0 Å². The average molecular weight is 325 g/mol. The lowest BCUT2D eigenvalue weighted by molar-refractivity contribution is 0.994. The Labute approximate surface area is 144 Å². The van der Waals surface area contributed by atoms with Gasteiger partial charge in [0.25, 0.3) is 0 Å². The van der Waals surface area contributed by atoms with Gasteiger partial charge in [-0.05, 0) is 77.7 Å². The Kier molecular flexibility index (Phi) is 4.65. The molecule has 1 heteroatoms. The van der Waals surface area contributed by atoms with E-state index in [1.54, 1.807) is 0 Å². The van der Waals surface area contributed by atoms with Gasteiger partial charge >= 0.3 is 0 Å². The van der Waals surface area contributed by atoms with Gasteiger partial charge in [0.1, 0.15) is 8.07 Å². The molecule has 23 heavy (non-hydrogen) atoms. The first-order valence-corrected chi connectivity index (χ1v) is 10.9. The molecule has 0 aromatic heterocycles. The van der Waals surface area contributed by atoms with Gasteiger partial charge in [0, 0.05) is 11.1 Å². The van der Waals surface area contributed by atoms with Crippen LogP contribution in [-0.4, -0.2) is 8.07 Å². The monoisotopic (exact) mass is 324 g/mol. The van der Waals surface area contributed by atoms with E-state index in [2.05, 4.69) is 79.9 Å². The van der Waals surface area contributed by atoms with Crippen molar-refractivity contribution in [3.63, 3.8) is 0 Å². The van der Waals surface area contributed by atoms with Crippen molar-refractivity contribution < 1.29 is 0 Å². The SMILES string of the molecule is C=C[Si](C=C)(C1C(C)=C(C)C(C)=C1C)C1C(C)=C(C)C(C)=C1C. The first kappa shape index (κ1) is 18.0. The van der Waals surface area contributed by atoms with Gasteiger partial charge in [-0.25, -0.2) is 0 Å². The maximum absolute atomic E-state index is 4.33. The summed E-state index contributed by atoms with van der Waals surface area (Å²) in [6, 6.07) is 0. The van der Waals surface area contributed by atoms with E-state index in [1.165, 1.54) is 44.6 Å². The van der Waals surface area contributed by atoms with E-state index in [9.17, 15) is 0 Å². The predicted molar refractivity (Wildman–Crippen MR) is 107 cm³/mol. The number of hydrogen-bond acceptors (Lipinski definition) is 0. The van der Waals surface area contributed by atoms with Crippen molar-refractivity contribution in [2.45, 2.75) is 66.5 Å². The van der Waals surface area contributed by atoms with E-state index in [0.29, 0.717) is 11.1 Å². The van der Waals surface area contributed by atoms with Crippen LogP contribution in [-0.2, 0) is 0 Å². The fourth-order valence-electron chi connectivity index (χ4n) is 4.92. The van der Waals surface area contributed by atoms with Crippen molar-refractivity contribution in [3.05, 3.63) is 69.1 Å². The lowest BCUT2D eigenvalue weighted by Crippen LogP contribution is -2.42. The van der Waals surface area contributed by atoms with Gasteiger partial charge in [-0.3, -0.25) is 0 Å². The molecule has 0 amide bonds. The van der Waals surface area contributed by atoms with Crippen LogP contribution in [0.3, 0.4) is 0 Å². The van der Waals surface area contributed by atoms with Gasteiger partial charge in [-0.2, -0.15) is 0 Å². The highest BCUT2D eigenvalue weighted by atomic mass is 28.3. The van der Waals surface area contributed by atoms with Crippen molar-refractivity contribution in [1.82, 2.24) is 0 Å². The summed E-state index contributed by atoms with van der Waals surface area (Å²) in [5.74, 6) is 0. The summed E-state index contributed by atoms with van der Waals surface area (Å²) in [7, 11) is -2.00. The highest BCUT2D eigenvalue weighted by molar-refractivity contribution is 6.93. The molecule has 0 radical (unpaired) electrons. The highest BCUT2D eigenvalue weighted by Crippen LogP contribution is 2.57. The molecule has 2 aliphatic rings. The molecule has 0 saturated carbocycles. The summed E-state index contributed by atoms with van der Waals surface area (Å²) in [5.41, 5.74) is 17.7. The molecule has 0 saturated heterocycles. The summed E-state index contributed by atoms with van der Waals surface area (Å²) in [6.45, 7) is 27.0. The van der Waals surface area contributed by atoms with Crippen LogP contribution in [0.15, 0.2) is 69.1 Å². The van der Waals surface area contributed by atoms with Crippen molar-refractivity contribution in [2.75, 3.05) is 0 Å². The Bertz CT molecular complexity index is 596. The molecule has 0 unspecified atom stereocenters. The second kappa shape index (κ2) is 5.94. The van der Waals surface area contributed by atoms with Crippen LogP contribution in [0.2, 0.25) is 11.1 Å². The molecule has 0 spiro atoms. The van der Waals surface area contributed by atoms with Crippen LogP contribution in [0, 0.1) is 0 Å². The third-order valence-electron chi connectivity index (χ3n) is 6.93. The van der Waals surface area contributed by atoms with Gasteiger partial charge in [0.15, 0.2) is 0 Å². The van der Waals surface area contributed by atoms with Crippen molar-refractivity contribution in [1.29, 1.82) is 0 Å². The van der Waals surface area contributed by atoms with Crippen LogP contribution in [0.4, 0.5) is 0 Å². The Hall–Kier alpha value is -1.34. The molecule has 124 valence electrons. The maximum atomic E-state index is 4.33. The minimum absolute atomic E-state index is 0.506. The predicted octanol–water partition coefficient (Wildman–Crippen LogP) is 7.00. The third kappa shape index (κ3) is 2.24. The Morgan fingerprint density at radius 3 is 0.957 bits per heavy atom. The van der Waals surface area contributed by atoms with E-state index >= 15 is 0 Å². The summed E-state index contributed by atoms with van der Waals surface area (Å²) in [6.07, 6.45) is 0. The fraction of sp³-hybridized carbons (Fsp3) is 0.455. The molecule has 2 rings (SSSR count). The van der Waals surface area contributed by atoms with E-state index < -0.39 is 8.07 Å². The zero-order chi connectivity index (χ0) is 17.7. The van der Waals surface area contributed by atoms with Crippen LogP contribution in [0.1, 0.15) is 55.4 Å². The van der Waals surface area contributed by atoms with E-state index in [-0.39, 0.29) is 0 Å². The zero-order valence-corrected chi connectivity index (χ0v) is 17.2. The Balaban J connectivity index is 2.74.